The Hall–Kier alpha value is -1.81. The molecule has 0 radical (unpaired) electrons. The molecule has 0 aliphatic rings. The number of aromatic hydroxyl groups is 1. The van der Waals surface area contributed by atoms with Crippen LogP contribution in [0, 0.1) is 0 Å². The first kappa shape index (κ1) is 10.7. The molecule has 1 aromatic heterocycles. The van der Waals surface area contributed by atoms with E-state index in [0.717, 1.165) is 29.2 Å². The number of imidazole rings is 1. The van der Waals surface area contributed by atoms with Gasteiger partial charge >= 0.3 is 0 Å². The molecule has 4 nitrogen and oxygen atoms in total. The van der Waals surface area contributed by atoms with Crippen LogP contribution in [0.2, 0.25) is 0 Å². The number of rotatable bonds is 3. The van der Waals surface area contributed by atoms with Crippen molar-refractivity contribution in [3.63, 3.8) is 0 Å². The van der Waals surface area contributed by atoms with E-state index in [2.05, 4.69) is 16.9 Å². The van der Waals surface area contributed by atoms with Gasteiger partial charge in [0, 0.05) is 11.3 Å². The molecule has 0 amide bonds. The molecular weight excluding hydrogens is 202 g/mol. The minimum Gasteiger partial charge on any atom is -0.508 e. The van der Waals surface area contributed by atoms with Crippen LogP contribution in [0.3, 0.4) is 0 Å². The van der Waals surface area contributed by atoms with Crippen LogP contribution in [-0.2, 0) is 13.0 Å². The molecule has 1 heterocycles. The van der Waals surface area contributed by atoms with Gasteiger partial charge in [-0.15, -0.1) is 0 Å². The summed E-state index contributed by atoms with van der Waals surface area (Å²) in [5.74, 6) is 1.02. The Bertz CT molecular complexity index is 491. The van der Waals surface area contributed by atoms with Crippen molar-refractivity contribution >= 4 is 0 Å². The summed E-state index contributed by atoms with van der Waals surface area (Å²) >= 11 is 0. The predicted molar refractivity (Wildman–Crippen MR) is 63.0 cm³/mol. The number of nitrogens with zero attached hydrogens (tertiary/aromatic N) is 1. The smallest absolute Gasteiger partial charge is 0.120 e. The first-order chi connectivity index (χ1) is 7.74. The van der Waals surface area contributed by atoms with E-state index in [-0.39, 0.29) is 5.75 Å². The maximum Gasteiger partial charge on any atom is 0.120 e. The van der Waals surface area contributed by atoms with Crippen molar-refractivity contribution < 1.29 is 5.11 Å². The highest BCUT2D eigenvalue weighted by molar-refractivity contribution is 5.63. The zero-order valence-corrected chi connectivity index (χ0v) is 9.20. The molecule has 2 rings (SSSR count). The number of phenolic OH excluding ortho intramolecular Hbond substituents is 1. The Balaban J connectivity index is 2.50. The van der Waals surface area contributed by atoms with Crippen LogP contribution in [0.4, 0.5) is 0 Å². The zero-order chi connectivity index (χ0) is 11.5. The maximum absolute atomic E-state index is 9.44. The fourth-order valence-corrected chi connectivity index (χ4v) is 1.71. The number of phenols is 1. The number of nitrogens with one attached hydrogen (secondary N) is 1. The molecule has 4 heteroatoms. The Morgan fingerprint density at radius 3 is 2.88 bits per heavy atom. The van der Waals surface area contributed by atoms with Gasteiger partial charge in [0.2, 0.25) is 0 Å². The fraction of sp³-hybridized carbons (Fsp3) is 0.250. The summed E-state index contributed by atoms with van der Waals surface area (Å²) in [6, 6.07) is 7.08. The van der Waals surface area contributed by atoms with Crippen LogP contribution >= 0.6 is 0 Å². The molecule has 0 saturated heterocycles. The number of aromatic amines is 1. The zero-order valence-electron chi connectivity index (χ0n) is 9.20. The Kier molecular flexibility index (Phi) is 2.92. The molecule has 0 saturated carbocycles. The van der Waals surface area contributed by atoms with Gasteiger partial charge < -0.3 is 15.8 Å². The van der Waals surface area contributed by atoms with Crippen molar-refractivity contribution in [3.8, 4) is 17.0 Å². The maximum atomic E-state index is 9.44. The highest BCUT2D eigenvalue weighted by atomic mass is 16.3. The van der Waals surface area contributed by atoms with E-state index in [1.165, 1.54) is 0 Å². The second kappa shape index (κ2) is 4.37. The number of aromatic nitrogens is 2. The van der Waals surface area contributed by atoms with E-state index in [1.807, 2.05) is 6.07 Å². The second-order valence-corrected chi connectivity index (χ2v) is 3.62. The molecule has 0 spiro atoms. The molecule has 0 aliphatic carbocycles. The quantitative estimate of drug-likeness (QED) is 0.733. The summed E-state index contributed by atoms with van der Waals surface area (Å²) in [5.41, 5.74) is 8.38. The fourth-order valence-electron chi connectivity index (χ4n) is 1.71. The van der Waals surface area contributed by atoms with E-state index < -0.39 is 0 Å². The van der Waals surface area contributed by atoms with Gasteiger partial charge in [-0.1, -0.05) is 19.1 Å². The monoisotopic (exact) mass is 217 g/mol. The summed E-state index contributed by atoms with van der Waals surface area (Å²) < 4.78 is 0. The lowest BCUT2D eigenvalue weighted by atomic mass is 10.1. The number of hydrogen-bond donors (Lipinski definition) is 3. The van der Waals surface area contributed by atoms with Crippen LogP contribution in [0.25, 0.3) is 11.3 Å². The summed E-state index contributed by atoms with van der Waals surface area (Å²) in [4.78, 5) is 7.60. The molecule has 0 bridgehead atoms. The van der Waals surface area contributed by atoms with Crippen molar-refractivity contribution in [1.82, 2.24) is 9.97 Å². The minimum absolute atomic E-state index is 0.247. The van der Waals surface area contributed by atoms with Crippen molar-refractivity contribution in [1.29, 1.82) is 0 Å². The summed E-state index contributed by atoms with van der Waals surface area (Å²) in [6.07, 6.45) is 0.859. The van der Waals surface area contributed by atoms with Crippen LogP contribution in [0.5, 0.6) is 5.75 Å². The molecule has 0 atom stereocenters. The summed E-state index contributed by atoms with van der Waals surface area (Å²) in [6.45, 7) is 2.45. The third kappa shape index (κ3) is 1.92. The third-order valence-electron chi connectivity index (χ3n) is 2.49. The lowest BCUT2D eigenvalue weighted by Crippen LogP contribution is -1.98. The van der Waals surface area contributed by atoms with Gasteiger partial charge in [-0.3, -0.25) is 0 Å². The van der Waals surface area contributed by atoms with E-state index in [4.69, 9.17) is 5.73 Å². The molecule has 84 valence electrons. The largest absolute Gasteiger partial charge is 0.508 e. The molecule has 2 aromatic rings. The number of benzene rings is 1. The van der Waals surface area contributed by atoms with Crippen molar-refractivity contribution in [2.75, 3.05) is 0 Å². The van der Waals surface area contributed by atoms with Gasteiger partial charge in [-0.2, -0.15) is 0 Å². The molecule has 4 N–H and O–H groups in total. The Morgan fingerprint density at radius 1 is 1.44 bits per heavy atom. The van der Waals surface area contributed by atoms with E-state index in [1.54, 1.807) is 18.2 Å². The SMILES string of the molecule is CCc1[nH]c(CN)nc1-c1cccc(O)c1. The molecule has 0 unspecified atom stereocenters. The lowest BCUT2D eigenvalue weighted by molar-refractivity contribution is 0.475. The normalized spacial score (nSPS) is 10.6. The highest BCUT2D eigenvalue weighted by Gasteiger charge is 2.10. The first-order valence-electron chi connectivity index (χ1n) is 5.31. The summed E-state index contributed by atoms with van der Waals surface area (Å²) in [7, 11) is 0. The van der Waals surface area contributed by atoms with Crippen LogP contribution in [0.1, 0.15) is 18.4 Å². The van der Waals surface area contributed by atoms with Crippen molar-refractivity contribution in [2.24, 2.45) is 5.73 Å². The van der Waals surface area contributed by atoms with Crippen molar-refractivity contribution in [3.05, 3.63) is 35.8 Å². The molecular formula is C12H15N3O. The van der Waals surface area contributed by atoms with Crippen molar-refractivity contribution in [2.45, 2.75) is 19.9 Å². The van der Waals surface area contributed by atoms with Crippen LogP contribution in [0.15, 0.2) is 24.3 Å². The van der Waals surface area contributed by atoms with Gasteiger partial charge in [0.1, 0.15) is 11.6 Å². The van der Waals surface area contributed by atoms with E-state index in [0.29, 0.717) is 6.54 Å². The number of hydrogen-bond acceptors (Lipinski definition) is 3. The van der Waals surface area contributed by atoms with Crippen LogP contribution < -0.4 is 5.73 Å². The van der Waals surface area contributed by atoms with E-state index >= 15 is 0 Å². The topological polar surface area (TPSA) is 74.9 Å². The molecule has 0 aliphatic heterocycles. The molecule has 16 heavy (non-hydrogen) atoms. The van der Waals surface area contributed by atoms with Gasteiger partial charge in [0.25, 0.3) is 0 Å². The summed E-state index contributed by atoms with van der Waals surface area (Å²) in [5, 5.41) is 9.44. The molecule has 1 aromatic carbocycles. The Labute approximate surface area is 94.1 Å². The molecule has 0 fully saturated rings. The lowest BCUT2D eigenvalue weighted by Gasteiger charge is -2.00. The standard InChI is InChI=1S/C12H15N3O/c1-2-10-12(15-11(7-13)14-10)8-4-3-5-9(16)6-8/h3-6,16H,2,7,13H2,1H3,(H,14,15). The minimum atomic E-state index is 0.247. The number of aryl methyl sites for hydroxylation is 1. The highest BCUT2D eigenvalue weighted by Crippen LogP contribution is 2.25. The predicted octanol–water partition coefficient (Wildman–Crippen LogP) is 1.80. The number of nitrogens with two attached hydrogens (primary N) is 1. The average molecular weight is 217 g/mol. The van der Waals surface area contributed by atoms with Gasteiger partial charge in [0.15, 0.2) is 0 Å². The van der Waals surface area contributed by atoms with Gasteiger partial charge in [0.05, 0.1) is 12.2 Å². The number of H-pyrrole nitrogens is 1. The third-order valence-corrected chi connectivity index (χ3v) is 2.49. The van der Waals surface area contributed by atoms with Crippen LogP contribution in [-0.4, -0.2) is 15.1 Å². The van der Waals surface area contributed by atoms with Gasteiger partial charge in [-0.05, 0) is 18.6 Å². The average Bonchev–Trinajstić information content (AvgIpc) is 2.72. The Morgan fingerprint density at radius 2 is 2.25 bits per heavy atom. The second-order valence-electron chi connectivity index (χ2n) is 3.62. The van der Waals surface area contributed by atoms with E-state index in [9.17, 15) is 5.11 Å². The van der Waals surface area contributed by atoms with Gasteiger partial charge in [-0.25, -0.2) is 4.98 Å². The first-order valence-corrected chi connectivity index (χ1v) is 5.31.